The van der Waals surface area contributed by atoms with Gasteiger partial charge in [0.15, 0.2) is 17.5 Å². The molecule has 168 valence electrons. The highest BCUT2D eigenvalue weighted by molar-refractivity contribution is 5.96. The molecule has 1 amide bonds. The van der Waals surface area contributed by atoms with Gasteiger partial charge in [-0.25, -0.2) is 23.4 Å². The topological polar surface area (TPSA) is 87.7 Å². The first-order chi connectivity index (χ1) is 14.4. The third-order valence-electron chi connectivity index (χ3n) is 4.41. The second kappa shape index (κ2) is 9.82. The summed E-state index contributed by atoms with van der Waals surface area (Å²) in [5.41, 5.74) is 7.87. The van der Waals surface area contributed by atoms with Crippen LogP contribution < -0.4 is 15.6 Å². The van der Waals surface area contributed by atoms with Gasteiger partial charge in [0, 0.05) is 11.1 Å². The van der Waals surface area contributed by atoms with Crippen molar-refractivity contribution in [1.82, 2.24) is 10.9 Å². The molecule has 2 aromatic rings. The molecule has 0 fully saturated rings. The number of halogens is 3. The number of carbonyl (C=O) groups is 2. The fraction of sp³-hybridized carbons (Fsp3) is 0.364. The van der Waals surface area contributed by atoms with Crippen LogP contribution in [0.15, 0.2) is 24.3 Å². The SMILES string of the molecule is Cc1c(C(=O)NNC(C)(C)C)ccc2c1CCCO2.O=C(O)c1cc(F)c(F)c(F)c1. The number of hydrazine groups is 1. The quantitative estimate of drug-likeness (QED) is 0.495. The molecule has 0 saturated heterocycles. The van der Waals surface area contributed by atoms with Crippen LogP contribution in [0.4, 0.5) is 13.2 Å². The molecule has 1 aliphatic heterocycles. The summed E-state index contributed by atoms with van der Waals surface area (Å²) in [4.78, 5) is 22.3. The molecular weight excluding hydrogens is 413 g/mol. The molecule has 1 aliphatic rings. The Bertz CT molecular complexity index is 964. The third kappa shape index (κ3) is 6.45. The zero-order valence-electron chi connectivity index (χ0n) is 17.7. The third-order valence-corrected chi connectivity index (χ3v) is 4.41. The molecular formula is C22H25F3N2O4. The molecule has 0 bridgehead atoms. The zero-order valence-corrected chi connectivity index (χ0v) is 17.7. The van der Waals surface area contributed by atoms with E-state index in [-0.39, 0.29) is 11.4 Å². The van der Waals surface area contributed by atoms with E-state index in [1.807, 2.05) is 39.8 Å². The maximum atomic E-state index is 12.3. The van der Waals surface area contributed by atoms with Crippen molar-refractivity contribution < 1.29 is 32.6 Å². The minimum absolute atomic E-state index is 0.0965. The average molecular weight is 438 g/mol. The van der Waals surface area contributed by atoms with Crippen LogP contribution in [0.3, 0.4) is 0 Å². The first-order valence-corrected chi connectivity index (χ1v) is 9.61. The summed E-state index contributed by atoms with van der Waals surface area (Å²) in [6.07, 6.45) is 1.99. The van der Waals surface area contributed by atoms with Crippen molar-refractivity contribution in [3.8, 4) is 5.75 Å². The van der Waals surface area contributed by atoms with Crippen molar-refractivity contribution >= 4 is 11.9 Å². The van der Waals surface area contributed by atoms with E-state index in [0.29, 0.717) is 17.7 Å². The molecule has 6 nitrogen and oxygen atoms in total. The Kier molecular flexibility index (Phi) is 7.67. The molecule has 2 aromatic carbocycles. The fourth-order valence-corrected chi connectivity index (χ4v) is 2.85. The van der Waals surface area contributed by atoms with Gasteiger partial charge in [0.25, 0.3) is 5.91 Å². The molecule has 0 aromatic heterocycles. The lowest BCUT2D eigenvalue weighted by atomic mass is 9.96. The van der Waals surface area contributed by atoms with Gasteiger partial charge in [0.05, 0.1) is 12.2 Å². The number of hydrogen-bond donors (Lipinski definition) is 3. The van der Waals surface area contributed by atoms with Gasteiger partial charge in [-0.05, 0) is 75.9 Å². The summed E-state index contributed by atoms with van der Waals surface area (Å²) < 4.78 is 42.5. The summed E-state index contributed by atoms with van der Waals surface area (Å²) in [7, 11) is 0. The van der Waals surface area contributed by atoms with E-state index in [4.69, 9.17) is 9.84 Å². The van der Waals surface area contributed by atoms with Crippen LogP contribution in [-0.2, 0) is 6.42 Å². The minimum Gasteiger partial charge on any atom is -0.493 e. The number of benzene rings is 2. The van der Waals surface area contributed by atoms with Gasteiger partial charge >= 0.3 is 5.97 Å². The van der Waals surface area contributed by atoms with E-state index in [2.05, 4.69) is 10.9 Å². The lowest BCUT2D eigenvalue weighted by Crippen LogP contribution is -2.48. The van der Waals surface area contributed by atoms with Crippen molar-refractivity contribution in [2.24, 2.45) is 0 Å². The van der Waals surface area contributed by atoms with Crippen molar-refractivity contribution in [3.63, 3.8) is 0 Å². The van der Waals surface area contributed by atoms with E-state index in [0.717, 1.165) is 36.3 Å². The van der Waals surface area contributed by atoms with Crippen molar-refractivity contribution in [1.29, 1.82) is 0 Å². The number of carboxylic acids is 1. The lowest BCUT2D eigenvalue weighted by Gasteiger charge is -2.23. The Morgan fingerprint density at radius 3 is 2.26 bits per heavy atom. The molecule has 0 saturated carbocycles. The second-order valence-electron chi connectivity index (χ2n) is 8.05. The van der Waals surface area contributed by atoms with Crippen LogP contribution in [0.1, 0.15) is 59.0 Å². The predicted octanol–water partition coefficient (Wildman–Crippen LogP) is 4.16. The molecule has 0 atom stereocenters. The maximum Gasteiger partial charge on any atom is 0.335 e. The summed E-state index contributed by atoms with van der Waals surface area (Å²) in [5, 5.41) is 8.27. The zero-order chi connectivity index (χ0) is 23.3. The highest BCUT2D eigenvalue weighted by atomic mass is 19.2. The molecule has 9 heteroatoms. The molecule has 3 rings (SSSR count). The second-order valence-corrected chi connectivity index (χ2v) is 8.05. The number of fused-ring (bicyclic) bond motifs is 1. The van der Waals surface area contributed by atoms with E-state index < -0.39 is 29.0 Å². The van der Waals surface area contributed by atoms with Crippen LogP contribution in [0, 0.1) is 24.4 Å². The van der Waals surface area contributed by atoms with Crippen molar-refractivity contribution in [2.75, 3.05) is 6.61 Å². The largest absolute Gasteiger partial charge is 0.493 e. The van der Waals surface area contributed by atoms with Gasteiger partial charge in [-0.1, -0.05) is 0 Å². The average Bonchev–Trinajstić information content (AvgIpc) is 2.70. The number of hydrogen-bond acceptors (Lipinski definition) is 4. The Hall–Kier alpha value is -3.07. The first-order valence-electron chi connectivity index (χ1n) is 9.61. The summed E-state index contributed by atoms with van der Waals surface area (Å²) in [6.45, 7) is 8.76. The number of ether oxygens (including phenoxy) is 1. The van der Waals surface area contributed by atoms with Gasteiger partial charge in [-0.15, -0.1) is 0 Å². The number of amides is 1. The van der Waals surface area contributed by atoms with E-state index in [1.165, 1.54) is 0 Å². The smallest absolute Gasteiger partial charge is 0.335 e. The van der Waals surface area contributed by atoms with Gasteiger partial charge in [-0.2, -0.15) is 0 Å². The Morgan fingerprint density at radius 1 is 1.10 bits per heavy atom. The maximum absolute atomic E-state index is 12.3. The number of aromatic carboxylic acids is 1. The predicted molar refractivity (Wildman–Crippen MR) is 109 cm³/mol. The molecule has 0 radical (unpaired) electrons. The summed E-state index contributed by atoms with van der Waals surface area (Å²) in [6, 6.07) is 4.56. The van der Waals surface area contributed by atoms with Gasteiger partial charge in [-0.3, -0.25) is 10.2 Å². The fourth-order valence-electron chi connectivity index (χ4n) is 2.85. The Labute approximate surface area is 178 Å². The number of nitrogens with one attached hydrogen (secondary N) is 2. The van der Waals surface area contributed by atoms with Gasteiger partial charge in [0.2, 0.25) is 0 Å². The van der Waals surface area contributed by atoms with Crippen LogP contribution >= 0.6 is 0 Å². The van der Waals surface area contributed by atoms with Crippen molar-refractivity contribution in [3.05, 3.63) is 64.0 Å². The monoisotopic (exact) mass is 438 g/mol. The normalized spacial score (nSPS) is 12.7. The molecule has 0 aliphatic carbocycles. The van der Waals surface area contributed by atoms with Gasteiger partial charge < -0.3 is 9.84 Å². The van der Waals surface area contributed by atoms with Crippen LogP contribution in [0.25, 0.3) is 0 Å². The number of carbonyl (C=O) groups excluding carboxylic acids is 1. The van der Waals surface area contributed by atoms with Crippen molar-refractivity contribution in [2.45, 2.75) is 46.1 Å². The number of rotatable bonds is 3. The van der Waals surface area contributed by atoms with E-state index in [1.54, 1.807) is 0 Å². The van der Waals surface area contributed by atoms with Crippen LogP contribution in [0.2, 0.25) is 0 Å². The minimum atomic E-state index is -1.67. The Morgan fingerprint density at radius 2 is 1.71 bits per heavy atom. The van der Waals surface area contributed by atoms with Crippen LogP contribution in [0.5, 0.6) is 5.75 Å². The first kappa shape index (κ1) is 24.2. The Balaban J connectivity index is 0.000000245. The molecule has 1 heterocycles. The lowest BCUT2D eigenvalue weighted by molar-refractivity contribution is 0.0695. The highest BCUT2D eigenvalue weighted by Crippen LogP contribution is 2.29. The molecule has 3 N–H and O–H groups in total. The summed E-state index contributed by atoms with van der Waals surface area (Å²) in [5.74, 6) is -5.36. The van der Waals surface area contributed by atoms with E-state index in [9.17, 15) is 22.8 Å². The molecule has 31 heavy (non-hydrogen) atoms. The molecule has 0 spiro atoms. The van der Waals surface area contributed by atoms with Gasteiger partial charge in [0.1, 0.15) is 5.75 Å². The van der Waals surface area contributed by atoms with E-state index >= 15 is 0 Å². The molecule has 0 unspecified atom stereocenters. The van der Waals surface area contributed by atoms with Crippen LogP contribution in [-0.4, -0.2) is 29.1 Å². The highest BCUT2D eigenvalue weighted by Gasteiger charge is 2.19. The number of carboxylic acid groups (broad SMARTS) is 1. The standard InChI is InChI=1S/C15H22N2O2.C7H3F3O2/c1-10-11-6-5-9-19-13(11)8-7-12(10)14(18)16-17-15(2,3)4;8-4-1-3(7(11)12)2-5(9)6(4)10/h7-8,17H,5-6,9H2,1-4H3,(H,16,18);1-2H,(H,11,12). The summed E-state index contributed by atoms with van der Waals surface area (Å²) >= 11 is 0.